The van der Waals surface area contributed by atoms with Gasteiger partial charge < -0.3 is 44.2 Å². The van der Waals surface area contributed by atoms with Crippen LogP contribution in [0, 0.1) is 16.2 Å². The molecule has 0 bridgehead atoms. The predicted molar refractivity (Wildman–Crippen MR) is 358 cm³/mol. The summed E-state index contributed by atoms with van der Waals surface area (Å²) in [5, 5.41) is 36.8. The Hall–Kier alpha value is -1.31. The van der Waals surface area contributed by atoms with Gasteiger partial charge in [0.05, 0.1) is 32.8 Å². The molecule has 0 saturated carbocycles. The van der Waals surface area contributed by atoms with Crippen LogP contribution in [0.4, 0.5) is 4.79 Å². The number of aliphatic carboxylic acids is 1. The van der Waals surface area contributed by atoms with Crippen LogP contribution in [0.5, 0.6) is 17.2 Å². The quantitative estimate of drug-likeness (QED) is 0.0560. The van der Waals surface area contributed by atoms with E-state index in [4.69, 9.17) is 73.9 Å². The second kappa shape index (κ2) is 37.8. The Morgan fingerprint density at radius 2 is 0.902 bits per heavy atom. The van der Waals surface area contributed by atoms with Gasteiger partial charge in [-0.1, -0.05) is 138 Å². The van der Waals surface area contributed by atoms with Crippen molar-refractivity contribution in [2.45, 2.75) is 97.1 Å². The molecule has 0 unspecified atom stereocenters. The number of hydrogen-bond donors (Lipinski definition) is 3. The molecule has 0 aromatic heterocycles. The first kappa shape index (κ1) is 79.7. The van der Waals surface area contributed by atoms with Crippen LogP contribution in [0.25, 0.3) is 0 Å². The number of aromatic hydroxyl groups is 1. The van der Waals surface area contributed by atoms with Crippen molar-refractivity contribution < 1.29 is 196 Å². The zero-order chi connectivity index (χ0) is 64.8. The molecule has 6 aliphatic rings. The minimum atomic E-state index is -2.08. The van der Waals surface area contributed by atoms with Gasteiger partial charge in [0.2, 0.25) is 6.16 Å². The number of carboxylic acids is 1. The summed E-state index contributed by atoms with van der Waals surface area (Å²) in [6.07, 6.45) is 7.55. The molecule has 0 radical (unpaired) electrons. The van der Waals surface area contributed by atoms with E-state index < -0.39 is 12.1 Å². The van der Waals surface area contributed by atoms with Gasteiger partial charge in [-0.05, 0) is 176 Å². The van der Waals surface area contributed by atoms with E-state index in [9.17, 15) is 19.5 Å². The minimum Gasteiger partial charge on any atom is -0.565 e. The van der Waals surface area contributed by atoms with E-state index in [0.29, 0.717) is 50.3 Å². The van der Waals surface area contributed by atoms with Crippen LogP contribution in [0.1, 0.15) is 89.2 Å². The minimum absolute atomic E-state index is 0. The summed E-state index contributed by atoms with van der Waals surface area (Å²) in [4.78, 5) is 48.7. The van der Waals surface area contributed by atoms with Crippen molar-refractivity contribution in [2.75, 3.05) is 72.1 Å². The Bertz CT molecular complexity index is 3510. The van der Waals surface area contributed by atoms with Crippen molar-refractivity contribution in [1.29, 1.82) is 0 Å². The van der Waals surface area contributed by atoms with Crippen molar-refractivity contribution in [3.05, 3.63) is 189 Å². The Balaban J connectivity index is 0.000000199. The molecule has 3 aliphatic heterocycles. The molecule has 3 saturated heterocycles. The van der Waals surface area contributed by atoms with Gasteiger partial charge in [0, 0.05) is 96.0 Å². The van der Waals surface area contributed by atoms with Gasteiger partial charge >= 0.3 is 156 Å². The molecule has 92 heavy (non-hydrogen) atoms. The number of unbranched alkanes of at least 4 members (excludes halogenated alkanes) is 1. The molecule has 3 fully saturated rings. The first-order chi connectivity index (χ1) is 43.0. The van der Waals surface area contributed by atoms with Gasteiger partial charge in [0.15, 0.2) is 0 Å². The Morgan fingerprint density at radius 3 is 1.29 bits per heavy atom. The number of rotatable bonds is 18. The third kappa shape index (κ3) is 23.4. The van der Waals surface area contributed by atoms with E-state index in [2.05, 4.69) is 107 Å². The number of alkyl halides is 1. The Morgan fingerprint density at radius 1 is 0.522 bits per heavy atom. The normalized spacial score (nSPS) is 16.1. The monoisotopic (exact) mass is 1750 g/mol. The summed E-state index contributed by atoms with van der Waals surface area (Å²) in [6.45, 7) is 14.1. The number of hydrogen-bond acceptors (Lipinski definition) is 13. The van der Waals surface area contributed by atoms with Gasteiger partial charge in [-0.2, -0.15) is 0 Å². The topological polar surface area (TPSA) is 199 Å². The van der Waals surface area contributed by atoms with Gasteiger partial charge in [0.25, 0.3) is 0 Å². The van der Waals surface area contributed by atoms with Crippen molar-refractivity contribution >= 4 is 107 Å². The average molecular weight is 1750 g/mol. The second-order valence-electron chi connectivity index (χ2n) is 24.3. The fraction of sp³-hybridized carbons (Fsp3) is 0.420. The molecule has 482 valence electrons. The third-order valence-electron chi connectivity index (χ3n) is 16.9. The van der Waals surface area contributed by atoms with Crippen molar-refractivity contribution in [3.63, 3.8) is 0 Å². The fourth-order valence-electron chi connectivity index (χ4n) is 13.1. The smallest absolute Gasteiger partial charge is 0.565 e. The number of nitrogens with zero attached hydrogens (tertiary/aromatic N) is 3. The molecular formula is C69H76Br3Cl3Cs2N3O12+. The number of halogens is 6. The number of aryl methyl sites for hydroxylation is 1. The summed E-state index contributed by atoms with van der Waals surface area (Å²) in [6, 6.07) is 36.3. The van der Waals surface area contributed by atoms with Crippen LogP contribution in [0.2, 0.25) is 15.1 Å². The van der Waals surface area contributed by atoms with Crippen LogP contribution in [0.3, 0.4) is 0 Å². The molecule has 15 nitrogen and oxygen atoms in total. The molecule has 12 rings (SSSR count). The van der Waals surface area contributed by atoms with E-state index >= 15 is 0 Å². The van der Waals surface area contributed by atoms with E-state index in [-0.39, 0.29) is 173 Å². The Labute approximate surface area is 697 Å². The predicted octanol–water partition coefficient (Wildman–Crippen LogP) is 7.64. The Kier molecular flexibility index (Phi) is 32.7. The summed E-state index contributed by atoms with van der Waals surface area (Å²) in [5.74, 6) is 1.08. The first-order valence-electron chi connectivity index (χ1n) is 30.1. The molecule has 3 aliphatic carbocycles. The maximum atomic E-state index is 11.7. The number of phenolic OH excluding ortho intramolecular Hbond substituents is 1. The molecule has 0 atom stereocenters. The van der Waals surface area contributed by atoms with E-state index in [0.717, 1.165) is 137 Å². The molecule has 0 amide bonds. The standard InChI is InChI=1S/C24H28ClNO3.C22H23BrClNO3.C15H19NO3.C7H5Br2Cl.CH2O3.2Cs/c1-2-3-4-17-5-6-19(22(25)9-17)14-29-21-8-7-18-11-24(12-20(18)10-21)15-26(16-24)13-23(27)28;1-2-27-21(26)11-25-13-22(14-25)9-15-4-6-19(7-17(15)10-22)28-12-16-3-5-18(23)8-20(16)24;1-2-19-14(18)8-16-9-15(10-16)6-11-3-4-13(17)5-12(11)7-15;8-4-5-1-2-6(9)3-7(5)10;2-1(3)4;;/h5-10H,2-4,11-16H2,1H3,(H,27,28);3-8H,2,9-14H2,1H3;3-5,17H,2,6-10H2,1H3;1-3H,4H2;(H2,2,3,4);;/q;;;;;2*+1/p-1. The van der Waals surface area contributed by atoms with Crippen LogP contribution < -0.4 is 152 Å². The number of carbonyl (C=O) groups excluding carboxylic acids is 2. The number of benzene rings is 6. The van der Waals surface area contributed by atoms with Gasteiger partial charge in [-0.25, -0.2) is 0 Å². The number of fused-ring (bicyclic) bond motifs is 3. The molecular weight excluding hydrogens is 1670 g/mol. The van der Waals surface area contributed by atoms with Gasteiger partial charge in [-0.15, -0.1) is 0 Å². The third-order valence-corrected chi connectivity index (χ3v) is 19.5. The maximum absolute atomic E-state index is 11.7. The van der Waals surface area contributed by atoms with Crippen molar-refractivity contribution in [2.24, 2.45) is 16.2 Å². The second-order valence-corrected chi connectivity index (χ2v) is 27.9. The summed E-state index contributed by atoms with van der Waals surface area (Å²) >= 11 is 28.7. The zero-order valence-corrected chi connectivity index (χ0v) is 72.4. The van der Waals surface area contributed by atoms with Gasteiger partial charge in [0.1, 0.15) is 30.5 Å². The van der Waals surface area contributed by atoms with Crippen molar-refractivity contribution in [3.8, 4) is 17.2 Å². The summed E-state index contributed by atoms with van der Waals surface area (Å²) in [7, 11) is 0. The van der Waals surface area contributed by atoms with Crippen LogP contribution in [-0.4, -0.2) is 126 Å². The number of likely N-dealkylation sites (tertiary alicyclic amines) is 3. The van der Waals surface area contributed by atoms with Crippen LogP contribution >= 0.6 is 82.6 Å². The van der Waals surface area contributed by atoms with Gasteiger partial charge in [-0.3, -0.25) is 29.1 Å². The number of ether oxygens (including phenoxy) is 4. The molecule has 3 spiro atoms. The molecule has 3 heterocycles. The van der Waals surface area contributed by atoms with Crippen LogP contribution in [-0.2, 0) is 87.3 Å². The largest absolute Gasteiger partial charge is 1.00 e. The van der Waals surface area contributed by atoms with Crippen LogP contribution in [0.15, 0.2) is 118 Å². The first-order valence-corrected chi connectivity index (χ1v) is 34.0. The molecule has 3 N–H and O–H groups in total. The summed E-state index contributed by atoms with van der Waals surface area (Å²) in [5.41, 5.74) is 13.2. The fourth-order valence-corrected chi connectivity index (χ4v) is 15.5. The summed E-state index contributed by atoms with van der Waals surface area (Å²) < 4.78 is 24.0. The average Bonchev–Trinajstić information content (AvgIpc) is 1.61. The number of phenols is 1. The van der Waals surface area contributed by atoms with E-state index in [1.165, 1.54) is 51.8 Å². The number of carbonyl (C=O) groups is 4. The number of esters is 2. The molecule has 6 aromatic carbocycles. The van der Waals surface area contributed by atoms with E-state index in [1.807, 2.05) is 79.4 Å². The molecule has 6 aromatic rings. The maximum Gasteiger partial charge on any atom is 1.00 e. The van der Waals surface area contributed by atoms with E-state index in [1.54, 1.807) is 6.07 Å². The SMILES string of the molecule is CCCCc1ccc(COc2ccc3c(c2)CC2(C3)CN(CC(=O)O)C2)c(Cl)c1.CCOC(=O)CN1CC2(Cc3ccc(O)cc3C2)C1.CCOC(=O)CN1CC2(Cc3ccc(OCc4ccc(Br)cc4Cl)cc3C2)C1.Clc1cc(Br)ccc1CBr.O=C([O-])O.[Cs+].[Cs+]. The number of carboxylic acid groups (broad SMARTS) is 3. The molecule has 23 heteroatoms. The zero-order valence-electron chi connectivity index (χ0n) is 52.8. The van der Waals surface area contributed by atoms with Crippen molar-refractivity contribution in [1.82, 2.24) is 14.7 Å².